The van der Waals surface area contributed by atoms with Gasteiger partial charge in [-0.15, -0.1) is 0 Å². The molecule has 4 heteroatoms. The molecule has 0 bridgehead atoms. The second-order valence-corrected chi connectivity index (χ2v) is 0.959. The van der Waals surface area contributed by atoms with E-state index in [0.29, 0.717) is 0 Å². The number of halogens is 2. The monoisotopic (exact) mass is 262 g/mol. The predicted molar refractivity (Wildman–Crippen MR) is 23.1 cm³/mol. The van der Waals surface area contributed by atoms with Crippen molar-refractivity contribution in [2.45, 2.75) is 0 Å². The number of nitrogens with zero attached hydrogens (tertiary/aromatic N) is 1. The van der Waals surface area contributed by atoms with Crippen molar-refractivity contribution in [3.05, 3.63) is 30.6 Å². The molecule has 0 aliphatic carbocycles. The smallest absolute Gasteiger partial charge is 1.00 e. The van der Waals surface area contributed by atoms with Crippen LogP contribution in [0.25, 0.3) is 0 Å². The van der Waals surface area contributed by atoms with Crippen LogP contribution in [0.2, 0.25) is 0 Å². The van der Waals surface area contributed by atoms with Gasteiger partial charge in [0.05, 0.1) is 0 Å². The van der Waals surface area contributed by atoms with Crippen LogP contribution in [0, 0.1) is 6.20 Å². The van der Waals surface area contributed by atoms with E-state index in [9.17, 15) is 0 Å². The Hall–Kier alpha value is 0.652. The van der Waals surface area contributed by atoms with E-state index in [4.69, 9.17) is 0 Å². The van der Waals surface area contributed by atoms with E-state index in [1.54, 1.807) is 12.3 Å². The van der Waals surface area contributed by atoms with E-state index in [0.717, 1.165) is 0 Å². The van der Waals surface area contributed by atoms with Gasteiger partial charge < -0.3 is 29.8 Å². The Kier molecular flexibility index (Phi) is 20.8. The van der Waals surface area contributed by atoms with Crippen LogP contribution in [-0.2, 0) is 27.3 Å². The van der Waals surface area contributed by atoms with Crippen molar-refractivity contribution in [2.24, 2.45) is 0 Å². The first-order valence-electron chi connectivity index (χ1n) is 1.77. The average Bonchev–Trinajstić information content (AvgIpc) is 1.72. The first-order valence-corrected chi connectivity index (χ1v) is 1.77. The Balaban J connectivity index is -0.000000120. The van der Waals surface area contributed by atoms with Crippen molar-refractivity contribution < 1.29 is 52.1 Å². The van der Waals surface area contributed by atoms with Crippen LogP contribution in [-0.4, -0.2) is 4.98 Å². The maximum absolute atomic E-state index is 3.66. The van der Waals surface area contributed by atoms with Gasteiger partial charge in [0.25, 0.3) is 0 Å². The van der Waals surface area contributed by atoms with Gasteiger partial charge in [-0.25, -0.2) is 0 Å². The molecule has 0 saturated carbocycles. The van der Waals surface area contributed by atoms with Gasteiger partial charge >= 0.3 is 27.3 Å². The number of hydrogen-bond donors (Lipinski definition) is 0. The minimum Gasteiger partial charge on any atom is -1.00 e. The van der Waals surface area contributed by atoms with Crippen LogP contribution in [0.15, 0.2) is 24.4 Å². The minimum absolute atomic E-state index is 0. The summed E-state index contributed by atoms with van der Waals surface area (Å²) in [5.74, 6) is 0. The molecule has 0 aliphatic rings. The third-order valence-corrected chi connectivity index (χ3v) is 0.517. The molecule has 9 heavy (non-hydrogen) atoms. The quantitative estimate of drug-likeness (QED) is 0.336. The molecule has 0 aliphatic heterocycles. The zero-order valence-electron chi connectivity index (χ0n) is 4.72. The molecule has 0 saturated heterocycles. The minimum atomic E-state index is 0. The largest absolute Gasteiger partial charge is 2.00 e. The van der Waals surface area contributed by atoms with E-state index in [1.165, 1.54) is 0 Å². The third kappa shape index (κ3) is 8.65. The first kappa shape index (κ1) is 16.3. The molecule has 1 heterocycles. The zero-order chi connectivity index (χ0) is 4.24. The first-order chi connectivity index (χ1) is 3.00. The van der Waals surface area contributed by atoms with Crippen molar-refractivity contribution in [1.82, 2.24) is 4.98 Å². The number of hydrogen-bond acceptors (Lipinski definition) is 1. The second kappa shape index (κ2) is 11.4. The maximum Gasteiger partial charge on any atom is 2.00 e. The van der Waals surface area contributed by atoms with Crippen molar-refractivity contribution in [2.75, 3.05) is 0 Å². The fourth-order valence-corrected chi connectivity index (χ4v) is 0.277. The molecule has 1 aromatic rings. The van der Waals surface area contributed by atoms with Crippen LogP contribution in [0.1, 0.15) is 0 Å². The van der Waals surface area contributed by atoms with Crippen LogP contribution >= 0.6 is 0 Å². The Morgan fingerprint density at radius 3 is 1.89 bits per heavy atom. The van der Waals surface area contributed by atoms with E-state index in [1.807, 2.05) is 12.1 Å². The molecule has 0 spiro atoms. The predicted octanol–water partition coefficient (Wildman–Crippen LogP) is -5.11. The summed E-state index contributed by atoms with van der Waals surface area (Å²) in [7, 11) is 0. The van der Waals surface area contributed by atoms with Gasteiger partial charge in [-0.3, -0.25) is 0 Å². The number of pyridine rings is 1. The zero-order valence-corrected chi connectivity index (χ0v) is 10.3. The van der Waals surface area contributed by atoms with Crippen LogP contribution in [0.3, 0.4) is 0 Å². The molecule has 0 atom stereocenters. The number of rotatable bonds is 0. The van der Waals surface area contributed by atoms with Gasteiger partial charge in [0.15, 0.2) is 0 Å². The Labute approximate surface area is 87.2 Å². The SMILES string of the molecule is [Cd+2].[Cl-].[Cl-].[c-]1ccccn1. The topological polar surface area (TPSA) is 12.9 Å². The van der Waals surface area contributed by atoms with Crippen LogP contribution in [0.5, 0.6) is 0 Å². The maximum atomic E-state index is 3.66. The van der Waals surface area contributed by atoms with Crippen LogP contribution in [0.4, 0.5) is 0 Å². The summed E-state index contributed by atoms with van der Waals surface area (Å²) in [6.45, 7) is 0. The summed E-state index contributed by atoms with van der Waals surface area (Å²) in [5, 5.41) is 0. The van der Waals surface area contributed by atoms with Gasteiger partial charge in [-0.1, -0.05) is 12.4 Å². The van der Waals surface area contributed by atoms with Gasteiger partial charge in [0.2, 0.25) is 0 Å². The van der Waals surface area contributed by atoms with Crippen molar-refractivity contribution in [3.63, 3.8) is 0 Å². The summed E-state index contributed by atoms with van der Waals surface area (Å²) in [6, 6.07) is 5.50. The van der Waals surface area contributed by atoms with Crippen molar-refractivity contribution in [1.29, 1.82) is 0 Å². The molecule has 0 fully saturated rings. The standard InChI is InChI=1S/C5H4N.Cd.2ClH/c1-2-4-6-5-3-1;;;/h1-4H;;2*1H/q-1;+2;;/p-2. The van der Waals surface area contributed by atoms with Crippen molar-refractivity contribution in [3.8, 4) is 0 Å². The molecular weight excluding hydrogens is 257 g/mol. The third-order valence-electron chi connectivity index (χ3n) is 0.517. The summed E-state index contributed by atoms with van der Waals surface area (Å²) in [5.41, 5.74) is 0. The molecule has 0 radical (unpaired) electrons. The Morgan fingerprint density at radius 2 is 1.78 bits per heavy atom. The second-order valence-electron chi connectivity index (χ2n) is 0.959. The van der Waals surface area contributed by atoms with Gasteiger partial charge in [0, 0.05) is 0 Å². The molecule has 0 amide bonds. The molecule has 1 aromatic heterocycles. The molecule has 0 aromatic carbocycles. The fraction of sp³-hybridized carbons (Fsp3) is 0. The fourth-order valence-electron chi connectivity index (χ4n) is 0.277. The number of aromatic nitrogens is 1. The van der Waals surface area contributed by atoms with Crippen LogP contribution < -0.4 is 24.8 Å². The summed E-state index contributed by atoms with van der Waals surface area (Å²) in [4.78, 5) is 3.66. The molecule has 1 rings (SSSR count). The van der Waals surface area contributed by atoms with E-state index < -0.39 is 0 Å². The summed E-state index contributed by atoms with van der Waals surface area (Å²) in [6.07, 6.45) is 4.34. The van der Waals surface area contributed by atoms with Gasteiger partial charge in [0.1, 0.15) is 0 Å². The summed E-state index contributed by atoms with van der Waals surface area (Å²) < 4.78 is 0. The molecule has 1 nitrogen and oxygen atoms in total. The van der Waals surface area contributed by atoms with Gasteiger partial charge in [-0.05, 0) is 0 Å². The van der Waals surface area contributed by atoms with E-state index >= 15 is 0 Å². The normalized spacial score (nSPS) is 5.33. The van der Waals surface area contributed by atoms with E-state index in [2.05, 4.69) is 11.2 Å². The van der Waals surface area contributed by atoms with Gasteiger partial charge in [-0.2, -0.15) is 18.2 Å². The molecular formula is C5H4CdCl2N-. The Morgan fingerprint density at radius 1 is 1.11 bits per heavy atom. The summed E-state index contributed by atoms with van der Waals surface area (Å²) >= 11 is 0. The molecule has 0 N–H and O–H groups in total. The average molecular weight is 261 g/mol. The van der Waals surface area contributed by atoms with E-state index in [-0.39, 0.29) is 52.1 Å². The molecule has 0 unspecified atom stereocenters. The molecule has 46 valence electrons. The van der Waals surface area contributed by atoms with Crippen molar-refractivity contribution >= 4 is 0 Å². The Bertz CT molecular complexity index is 86.9.